The number of nitrogens with zero attached hydrogens (tertiary/aromatic N) is 2. The molecule has 1 fully saturated rings. The van der Waals surface area contributed by atoms with Gasteiger partial charge in [-0.15, -0.1) is 17.7 Å². The Morgan fingerprint density at radius 1 is 0.812 bits per heavy atom. The van der Waals surface area contributed by atoms with E-state index in [0.29, 0.717) is 23.0 Å². The second-order valence-corrected chi connectivity index (χ2v) is 7.12. The number of aliphatic imine (C=N–C) groups is 2. The number of ether oxygens (including phenoxy) is 4. The van der Waals surface area contributed by atoms with E-state index in [2.05, 4.69) is 33.8 Å². The molecule has 1 aliphatic carbocycles. The summed E-state index contributed by atoms with van der Waals surface area (Å²) < 4.78 is 21.3. The van der Waals surface area contributed by atoms with Gasteiger partial charge >= 0.3 is 27.7 Å². The average Bonchev–Trinajstić information content (AvgIpc) is 2.87. The summed E-state index contributed by atoms with van der Waals surface area (Å²) in [5.41, 5.74) is 1.84. The van der Waals surface area contributed by atoms with Crippen molar-refractivity contribution < 1.29 is 37.1 Å². The summed E-state index contributed by atoms with van der Waals surface area (Å²) in [6.07, 6.45) is 8.15. The van der Waals surface area contributed by atoms with Gasteiger partial charge in [0.25, 0.3) is 0 Å². The van der Waals surface area contributed by atoms with Crippen LogP contribution >= 0.6 is 9.53 Å². The molecule has 32 heavy (non-hydrogen) atoms. The molecule has 2 aromatic carbocycles. The SMILES string of the molecule is COc1c[c-]c(C=N[C@@H]2CCCC[C@H]2N=Cc2ccc(OC)c(OC)c2)cc1OC.[Cl][Pd+]. The van der Waals surface area contributed by atoms with Crippen LogP contribution in [0.15, 0.2) is 40.3 Å². The molecule has 6 nitrogen and oxygen atoms in total. The van der Waals surface area contributed by atoms with Crippen molar-refractivity contribution in [2.24, 2.45) is 9.98 Å². The van der Waals surface area contributed by atoms with Crippen LogP contribution in [0.4, 0.5) is 0 Å². The molecule has 0 heterocycles. The van der Waals surface area contributed by atoms with Crippen LogP contribution in [0.25, 0.3) is 0 Å². The maximum atomic E-state index is 5.38. The summed E-state index contributed by atoms with van der Waals surface area (Å²) in [4.78, 5) is 9.68. The minimum atomic E-state index is 0.150. The second-order valence-electron chi connectivity index (χ2n) is 7.12. The van der Waals surface area contributed by atoms with Crippen LogP contribution in [0.1, 0.15) is 36.8 Å². The normalized spacial score (nSPS) is 18.2. The molecule has 0 aromatic heterocycles. The van der Waals surface area contributed by atoms with Crippen molar-refractivity contribution >= 4 is 22.0 Å². The van der Waals surface area contributed by atoms with Gasteiger partial charge in [0.05, 0.1) is 52.0 Å². The Morgan fingerprint density at radius 2 is 1.38 bits per heavy atom. The Hall–Kier alpha value is -2.07. The van der Waals surface area contributed by atoms with Crippen LogP contribution in [-0.2, 0) is 18.2 Å². The van der Waals surface area contributed by atoms with E-state index in [1.54, 1.807) is 34.5 Å². The maximum absolute atomic E-state index is 5.38. The Balaban J connectivity index is 0.00000176. The first-order valence-corrected chi connectivity index (χ1v) is 12.2. The topological polar surface area (TPSA) is 61.6 Å². The fourth-order valence-electron chi connectivity index (χ4n) is 3.60. The predicted octanol–water partition coefficient (Wildman–Crippen LogP) is 5.06. The summed E-state index contributed by atoms with van der Waals surface area (Å²) in [7, 11) is 11.0. The van der Waals surface area contributed by atoms with Gasteiger partial charge < -0.3 is 23.9 Å². The summed E-state index contributed by atoms with van der Waals surface area (Å²) in [5.74, 6) is 2.73. The van der Waals surface area contributed by atoms with E-state index < -0.39 is 0 Å². The standard InChI is InChI=1S/C24H29N2O4.ClH.Pd/c1-27-21-11-9-17(13-23(21)29-3)15-25-19-7-5-6-8-20(19)26-16-18-10-12-22(28-2)24(14-18)30-4;;/h9,11-16,19-20H,5-8H2,1-4H3;1H;/q-1;;+2/p-1/t19-,20-;;/m1../s1. The fraction of sp³-hybridized carbons (Fsp3) is 0.417. The van der Waals surface area contributed by atoms with Crippen molar-refractivity contribution in [1.82, 2.24) is 0 Å². The molecule has 176 valence electrons. The molecule has 0 amide bonds. The molecular formula is C24H29ClN2O4Pd. The summed E-state index contributed by atoms with van der Waals surface area (Å²) in [6.45, 7) is 0. The van der Waals surface area contributed by atoms with Crippen molar-refractivity contribution in [2.45, 2.75) is 37.8 Å². The average molecular weight is 551 g/mol. The number of hydrogen-bond donors (Lipinski definition) is 0. The molecule has 0 unspecified atom stereocenters. The Labute approximate surface area is 205 Å². The number of methoxy groups -OCH3 is 4. The Bertz CT molecular complexity index is 834. The van der Waals surface area contributed by atoms with Crippen LogP contribution in [0.2, 0.25) is 0 Å². The molecule has 3 rings (SSSR count). The molecule has 0 radical (unpaired) electrons. The zero-order valence-corrected chi connectivity index (χ0v) is 21.1. The zero-order chi connectivity index (χ0) is 23.3. The molecule has 2 atom stereocenters. The molecule has 0 bridgehead atoms. The zero-order valence-electron chi connectivity index (χ0n) is 18.7. The van der Waals surface area contributed by atoms with Crippen LogP contribution < -0.4 is 18.9 Å². The van der Waals surface area contributed by atoms with Crippen molar-refractivity contribution in [3.05, 3.63) is 47.5 Å². The van der Waals surface area contributed by atoms with Gasteiger partial charge in [-0.1, -0.05) is 25.1 Å². The van der Waals surface area contributed by atoms with Gasteiger partial charge in [-0.25, -0.2) is 0 Å². The van der Waals surface area contributed by atoms with Gasteiger partial charge in [-0.05, 0) is 36.6 Å². The number of rotatable bonds is 8. The van der Waals surface area contributed by atoms with Gasteiger partial charge in [0.2, 0.25) is 0 Å². The molecule has 0 aliphatic heterocycles. The van der Waals surface area contributed by atoms with Crippen LogP contribution in [0, 0.1) is 6.07 Å². The van der Waals surface area contributed by atoms with Crippen molar-refractivity contribution in [1.29, 1.82) is 0 Å². The van der Waals surface area contributed by atoms with Crippen molar-refractivity contribution in [2.75, 3.05) is 28.4 Å². The summed E-state index contributed by atoms with van der Waals surface area (Å²) >= 11 is 2.22. The predicted molar refractivity (Wildman–Crippen MR) is 125 cm³/mol. The van der Waals surface area contributed by atoms with Gasteiger partial charge in [0.1, 0.15) is 0 Å². The van der Waals surface area contributed by atoms with Crippen molar-refractivity contribution in [3.63, 3.8) is 0 Å². The van der Waals surface area contributed by atoms with Gasteiger partial charge in [-0.3, -0.25) is 4.99 Å². The number of hydrogen-bond acceptors (Lipinski definition) is 6. The Morgan fingerprint density at radius 3 is 1.97 bits per heavy atom. The monoisotopic (exact) mass is 550 g/mol. The minimum absolute atomic E-state index is 0.150. The molecule has 0 spiro atoms. The van der Waals surface area contributed by atoms with Gasteiger partial charge in [0, 0.05) is 6.21 Å². The van der Waals surface area contributed by atoms with Crippen LogP contribution in [-0.4, -0.2) is 53.0 Å². The van der Waals surface area contributed by atoms with Crippen LogP contribution in [0.3, 0.4) is 0 Å². The van der Waals surface area contributed by atoms with E-state index in [4.69, 9.17) is 28.9 Å². The Kier molecular flexibility index (Phi) is 11.6. The quantitative estimate of drug-likeness (QED) is 0.262. The van der Waals surface area contributed by atoms with Gasteiger partial charge in [0.15, 0.2) is 11.5 Å². The molecule has 1 aliphatic rings. The van der Waals surface area contributed by atoms with E-state index >= 15 is 0 Å². The summed E-state index contributed by atoms with van der Waals surface area (Å²) in [6, 6.07) is 12.9. The first-order chi connectivity index (χ1) is 15.7. The first-order valence-electron chi connectivity index (χ1n) is 10.2. The summed E-state index contributed by atoms with van der Waals surface area (Å²) in [5, 5.41) is 0. The van der Waals surface area contributed by atoms with E-state index in [9.17, 15) is 0 Å². The number of benzene rings is 2. The molecule has 8 heteroatoms. The van der Waals surface area contributed by atoms with Crippen LogP contribution in [0.5, 0.6) is 23.0 Å². The third-order valence-electron chi connectivity index (χ3n) is 5.26. The molecule has 0 saturated heterocycles. The molecule has 1 saturated carbocycles. The molecule has 0 N–H and O–H groups in total. The second kappa shape index (κ2) is 14.2. The molecule has 2 aromatic rings. The number of halogens is 1. The van der Waals surface area contributed by atoms with Gasteiger partial charge in [-0.2, -0.15) is 0 Å². The molecular weight excluding hydrogens is 522 g/mol. The van der Waals surface area contributed by atoms with E-state index in [-0.39, 0.29) is 12.1 Å². The fourth-order valence-corrected chi connectivity index (χ4v) is 3.60. The third kappa shape index (κ3) is 7.23. The van der Waals surface area contributed by atoms with Crippen molar-refractivity contribution in [3.8, 4) is 23.0 Å². The third-order valence-corrected chi connectivity index (χ3v) is 5.26. The van der Waals surface area contributed by atoms with E-state index in [1.165, 1.54) is 12.8 Å². The van der Waals surface area contributed by atoms with E-state index in [1.807, 2.05) is 36.7 Å². The first kappa shape index (κ1) is 26.2. The van der Waals surface area contributed by atoms with E-state index in [0.717, 1.165) is 24.0 Å².